The number of hydrogen-bond donors (Lipinski definition) is 6. The fourth-order valence-electron chi connectivity index (χ4n) is 3.03. The van der Waals surface area contributed by atoms with Crippen LogP contribution in [0.3, 0.4) is 0 Å². The number of ether oxygens (including phenoxy) is 2. The number of rotatable bonds is 9. The van der Waals surface area contributed by atoms with Gasteiger partial charge in [-0.2, -0.15) is 0 Å². The van der Waals surface area contributed by atoms with Crippen molar-refractivity contribution in [1.82, 2.24) is 16.2 Å². The Morgan fingerprint density at radius 3 is 2.31 bits per heavy atom. The molecule has 0 spiro atoms. The Morgan fingerprint density at radius 1 is 1.11 bits per heavy atom. The van der Waals surface area contributed by atoms with E-state index in [1.807, 2.05) is 41.5 Å². The molecule has 0 unspecified atom stereocenters. The number of carbonyl (C=O) groups is 3. The van der Waals surface area contributed by atoms with Gasteiger partial charge in [-0.05, 0) is 23.7 Å². The Morgan fingerprint density at radius 2 is 1.74 bits per heavy atom. The lowest BCUT2D eigenvalue weighted by molar-refractivity contribution is -0.135. The second kappa shape index (κ2) is 13.2. The van der Waals surface area contributed by atoms with Gasteiger partial charge >= 0.3 is 6.16 Å². The Hall–Kier alpha value is -2.21. The van der Waals surface area contributed by atoms with Gasteiger partial charge in [0.1, 0.15) is 24.4 Å². The van der Waals surface area contributed by atoms with Gasteiger partial charge in [0.05, 0.1) is 25.2 Å². The van der Waals surface area contributed by atoms with E-state index < -0.39 is 54.3 Å². The summed E-state index contributed by atoms with van der Waals surface area (Å²) in [6, 6.07) is -0.798. The summed E-state index contributed by atoms with van der Waals surface area (Å²) in [5.74, 6) is -2.15. The van der Waals surface area contributed by atoms with Crippen LogP contribution in [-0.4, -0.2) is 76.9 Å². The van der Waals surface area contributed by atoms with Gasteiger partial charge in [0.2, 0.25) is 11.8 Å². The molecule has 0 saturated carbocycles. The first kappa shape index (κ1) is 30.8. The van der Waals surface area contributed by atoms with E-state index in [4.69, 9.17) is 9.47 Å². The van der Waals surface area contributed by atoms with Crippen LogP contribution >= 0.6 is 0 Å². The van der Waals surface area contributed by atoms with Crippen LogP contribution < -0.4 is 16.2 Å². The van der Waals surface area contributed by atoms with Crippen molar-refractivity contribution in [3.63, 3.8) is 0 Å². The van der Waals surface area contributed by atoms with E-state index in [1.165, 1.54) is 13.0 Å². The van der Waals surface area contributed by atoms with Crippen molar-refractivity contribution in [1.29, 1.82) is 0 Å². The number of aliphatic hydroxyl groups excluding tert-OH is 3. The third-order valence-corrected chi connectivity index (χ3v) is 5.27. The smallest absolute Gasteiger partial charge is 0.434 e. The number of allylic oxidation sites excluding steroid dienone is 1. The molecule has 202 valence electrons. The van der Waals surface area contributed by atoms with Crippen molar-refractivity contribution in [2.45, 2.75) is 91.8 Å². The highest BCUT2D eigenvalue weighted by Crippen LogP contribution is 2.18. The maximum Gasteiger partial charge on any atom is 0.508 e. The highest BCUT2D eigenvalue weighted by atomic mass is 16.7. The zero-order valence-electron chi connectivity index (χ0n) is 21.8. The molecule has 1 aliphatic heterocycles. The first-order chi connectivity index (χ1) is 16.0. The van der Waals surface area contributed by atoms with Crippen LogP contribution in [0.1, 0.15) is 61.3 Å². The van der Waals surface area contributed by atoms with Gasteiger partial charge in [-0.25, -0.2) is 10.2 Å². The highest BCUT2D eigenvalue weighted by molar-refractivity contribution is 5.83. The molecule has 1 heterocycles. The zero-order valence-corrected chi connectivity index (χ0v) is 21.8. The highest BCUT2D eigenvalue weighted by Gasteiger charge is 2.33. The standard InChI is InChI=1S/C24H43N3O8/c1-14(18(29)19(30)17(28)10-11-23(2,3)4)20(31)27-26-16-9-8-15(12-25-21(16)32)35-22(33)34-13-24(5,6)7/h10-11,14-19,26,28-30H,8-9,12-13H2,1-7H3,(H,25,32)(H,27,31)/b11-10+/t14-,15-,16+,17-,18+,19+/m1/s1. The van der Waals surface area contributed by atoms with E-state index in [9.17, 15) is 29.7 Å². The molecule has 6 atom stereocenters. The van der Waals surface area contributed by atoms with E-state index in [0.717, 1.165) is 0 Å². The molecule has 6 N–H and O–H groups in total. The molecule has 11 heteroatoms. The van der Waals surface area contributed by atoms with Crippen LogP contribution in [0, 0.1) is 16.7 Å². The number of hydrazine groups is 1. The summed E-state index contributed by atoms with van der Waals surface area (Å²) in [7, 11) is 0. The summed E-state index contributed by atoms with van der Waals surface area (Å²) in [5.41, 5.74) is 4.58. The van der Waals surface area contributed by atoms with Crippen LogP contribution in [0.2, 0.25) is 0 Å². The second-order valence-electron chi connectivity index (χ2n) is 11.3. The van der Waals surface area contributed by atoms with Crippen molar-refractivity contribution in [2.75, 3.05) is 13.2 Å². The summed E-state index contributed by atoms with van der Waals surface area (Å²) < 4.78 is 10.4. The molecule has 0 aromatic heterocycles. The van der Waals surface area contributed by atoms with Gasteiger partial charge in [0.15, 0.2) is 0 Å². The Labute approximate surface area is 207 Å². The molecule has 0 radical (unpaired) electrons. The molecular weight excluding hydrogens is 458 g/mol. The minimum atomic E-state index is -1.58. The van der Waals surface area contributed by atoms with Gasteiger partial charge in [-0.3, -0.25) is 15.0 Å². The van der Waals surface area contributed by atoms with E-state index in [1.54, 1.807) is 6.08 Å². The largest absolute Gasteiger partial charge is 0.508 e. The number of amides is 2. The number of hydrogen-bond acceptors (Lipinski definition) is 9. The van der Waals surface area contributed by atoms with Crippen molar-refractivity contribution in [3.8, 4) is 0 Å². The lowest BCUT2D eigenvalue weighted by Crippen LogP contribution is -2.54. The second-order valence-corrected chi connectivity index (χ2v) is 11.3. The normalized spacial score (nSPS) is 23.0. The zero-order chi connectivity index (χ0) is 27.0. The molecule has 0 aliphatic carbocycles. The van der Waals surface area contributed by atoms with Crippen molar-refractivity contribution in [3.05, 3.63) is 12.2 Å². The van der Waals surface area contributed by atoms with Crippen LogP contribution in [0.4, 0.5) is 4.79 Å². The predicted octanol–water partition coefficient (Wildman–Crippen LogP) is 0.775. The molecule has 11 nitrogen and oxygen atoms in total. The topological polar surface area (TPSA) is 166 Å². The van der Waals surface area contributed by atoms with Crippen LogP contribution in [-0.2, 0) is 19.1 Å². The average Bonchev–Trinajstić information content (AvgIpc) is 2.93. The molecule has 1 aliphatic rings. The molecule has 1 fully saturated rings. The Balaban J connectivity index is 2.55. The first-order valence-electron chi connectivity index (χ1n) is 11.9. The predicted molar refractivity (Wildman–Crippen MR) is 129 cm³/mol. The first-order valence-corrected chi connectivity index (χ1v) is 11.9. The number of nitrogens with one attached hydrogen (secondary N) is 3. The number of carbonyl (C=O) groups excluding carboxylic acids is 3. The average molecular weight is 502 g/mol. The van der Waals surface area contributed by atoms with Gasteiger partial charge in [0.25, 0.3) is 0 Å². The van der Waals surface area contributed by atoms with E-state index in [0.29, 0.717) is 6.42 Å². The van der Waals surface area contributed by atoms with Crippen molar-refractivity contribution in [2.24, 2.45) is 16.7 Å². The van der Waals surface area contributed by atoms with Crippen LogP contribution in [0.25, 0.3) is 0 Å². The van der Waals surface area contributed by atoms with Gasteiger partial charge in [-0.15, -0.1) is 0 Å². The van der Waals surface area contributed by atoms with Crippen molar-refractivity contribution >= 4 is 18.0 Å². The molecule has 35 heavy (non-hydrogen) atoms. The minimum Gasteiger partial charge on any atom is -0.434 e. The Bertz CT molecular complexity index is 744. The molecule has 2 amide bonds. The molecule has 1 saturated heterocycles. The molecule has 0 bridgehead atoms. The van der Waals surface area contributed by atoms with Crippen LogP contribution in [0.15, 0.2) is 12.2 Å². The van der Waals surface area contributed by atoms with E-state index in [-0.39, 0.29) is 30.4 Å². The minimum absolute atomic E-state index is 0.108. The van der Waals surface area contributed by atoms with Crippen molar-refractivity contribution < 1.29 is 39.2 Å². The third-order valence-electron chi connectivity index (χ3n) is 5.27. The maximum atomic E-state index is 12.5. The summed E-state index contributed by atoms with van der Waals surface area (Å²) >= 11 is 0. The maximum absolute atomic E-state index is 12.5. The quantitative estimate of drug-likeness (QED) is 0.152. The number of aliphatic hydroxyl groups is 3. The molecule has 1 rings (SSSR count). The SMILES string of the molecule is C[C@@H](C(=O)NN[C@H]1CC[C@@H](OC(=O)OCC(C)(C)C)CNC1=O)[C@H](O)[C@@H](O)[C@H](O)/C=C/C(C)(C)C. The lowest BCUT2D eigenvalue weighted by atomic mass is 9.92. The van der Waals surface area contributed by atoms with E-state index >= 15 is 0 Å². The summed E-state index contributed by atoms with van der Waals surface area (Å²) in [4.78, 5) is 36.7. The Kier molecular flexibility index (Phi) is 11.6. The van der Waals surface area contributed by atoms with Gasteiger partial charge in [-0.1, -0.05) is 60.6 Å². The lowest BCUT2D eigenvalue weighted by Gasteiger charge is -2.26. The third kappa shape index (κ3) is 11.9. The fourth-order valence-corrected chi connectivity index (χ4v) is 3.03. The summed E-state index contributed by atoms with van der Waals surface area (Å²) in [5, 5.41) is 33.3. The van der Waals surface area contributed by atoms with Gasteiger partial charge < -0.3 is 30.1 Å². The molecule has 0 aromatic carbocycles. The summed E-state index contributed by atoms with van der Waals surface area (Å²) in [6.45, 7) is 13.2. The van der Waals surface area contributed by atoms with Gasteiger partial charge in [0, 0.05) is 0 Å². The monoisotopic (exact) mass is 501 g/mol. The van der Waals surface area contributed by atoms with Crippen LogP contribution in [0.5, 0.6) is 0 Å². The summed E-state index contributed by atoms with van der Waals surface area (Å²) in [6.07, 6.45) is -2.17. The van der Waals surface area contributed by atoms with E-state index in [2.05, 4.69) is 16.2 Å². The fraction of sp³-hybridized carbons (Fsp3) is 0.792. The molecular formula is C24H43N3O8. The molecule has 0 aromatic rings.